The van der Waals surface area contributed by atoms with Gasteiger partial charge in [-0.05, 0) is 48.9 Å². The predicted molar refractivity (Wildman–Crippen MR) is 116 cm³/mol. The van der Waals surface area contributed by atoms with Crippen LogP contribution in [0.25, 0.3) is 0 Å². The number of nitrogens with zero attached hydrogens (tertiary/aromatic N) is 3. The van der Waals surface area contributed by atoms with Crippen LogP contribution < -0.4 is 5.32 Å². The fourth-order valence-corrected chi connectivity index (χ4v) is 4.38. The van der Waals surface area contributed by atoms with E-state index >= 15 is 0 Å². The molecule has 1 unspecified atom stereocenters. The Morgan fingerprint density at radius 2 is 1.97 bits per heavy atom. The minimum atomic E-state index is -0.238. The molecule has 2 aromatic rings. The van der Waals surface area contributed by atoms with E-state index in [1.165, 1.54) is 23.8 Å². The average molecular weight is 413 g/mol. The summed E-state index contributed by atoms with van der Waals surface area (Å²) < 4.78 is 5.56. The smallest absolute Gasteiger partial charge is 0.277 e. The van der Waals surface area contributed by atoms with Gasteiger partial charge in [0, 0.05) is 38.4 Å². The van der Waals surface area contributed by atoms with Crippen molar-refractivity contribution in [2.24, 2.45) is 0 Å². The second kappa shape index (κ2) is 9.73. The first kappa shape index (κ1) is 21.0. The van der Waals surface area contributed by atoms with E-state index in [1.54, 1.807) is 0 Å². The maximum Gasteiger partial charge on any atom is 0.277 e. The van der Waals surface area contributed by atoms with Crippen molar-refractivity contribution < 1.29 is 14.3 Å². The molecule has 1 aliphatic carbocycles. The summed E-state index contributed by atoms with van der Waals surface area (Å²) in [6.45, 7) is 7.08. The van der Waals surface area contributed by atoms with Gasteiger partial charge in [-0.1, -0.05) is 19.4 Å². The first-order valence-electron chi connectivity index (χ1n) is 11.1. The highest BCUT2D eigenvalue weighted by atomic mass is 16.3. The lowest BCUT2D eigenvalue weighted by Gasteiger charge is -2.34. The molecule has 1 saturated heterocycles. The average Bonchev–Trinajstić information content (AvgIpc) is 3.39. The molecule has 2 N–H and O–H groups in total. The van der Waals surface area contributed by atoms with Gasteiger partial charge in [-0.3, -0.25) is 14.6 Å². The van der Waals surface area contributed by atoms with Gasteiger partial charge >= 0.3 is 0 Å². The van der Waals surface area contributed by atoms with Crippen LogP contribution in [0, 0.1) is 0 Å². The minimum Gasteiger partial charge on any atom is -0.447 e. The third-order valence-electron chi connectivity index (χ3n) is 6.06. The molecule has 7 heteroatoms. The van der Waals surface area contributed by atoms with Gasteiger partial charge in [-0.2, -0.15) is 0 Å². The van der Waals surface area contributed by atoms with Crippen LogP contribution in [0.4, 0.5) is 5.69 Å². The normalized spacial score (nSPS) is 18.3. The van der Waals surface area contributed by atoms with Crippen molar-refractivity contribution >= 4 is 11.6 Å². The molecule has 4 rings (SSSR count). The molecular formula is C23H32N4O3. The van der Waals surface area contributed by atoms with Crippen molar-refractivity contribution in [2.75, 3.05) is 38.0 Å². The number of aromatic nitrogens is 1. The van der Waals surface area contributed by atoms with E-state index in [1.807, 2.05) is 6.07 Å². The van der Waals surface area contributed by atoms with Crippen molar-refractivity contribution in [3.05, 3.63) is 47.2 Å². The number of β-amino-alcohol motifs (C(OH)–C–C–N with tert-alkyl or cyclic N) is 1. The summed E-state index contributed by atoms with van der Waals surface area (Å²) in [5.74, 6) is 0.325. The van der Waals surface area contributed by atoms with Gasteiger partial charge in [0.1, 0.15) is 6.26 Å². The van der Waals surface area contributed by atoms with Crippen LogP contribution in [0.5, 0.6) is 0 Å². The summed E-state index contributed by atoms with van der Waals surface area (Å²) in [4.78, 5) is 21.5. The number of anilines is 1. The zero-order valence-corrected chi connectivity index (χ0v) is 17.8. The number of benzene rings is 1. The molecule has 0 spiro atoms. The number of hydrogen-bond acceptors (Lipinski definition) is 6. The Balaban J connectivity index is 1.26. The van der Waals surface area contributed by atoms with Crippen molar-refractivity contribution in [3.8, 4) is 0 Å². The largest absolute Gasteiger partial charge is 0.447 e. The van der Waals surface area contributed by atoms with Gasteiger partial charge < -0.3 is 14.8 Å². The first-order chi connectivity index (χ1) is 14.6. The molecule has 0 bridgehead atoms. The van der Waals surface area contributed by atoms with E-state index in [4.69, 9.17) is 4.42 Å². The van der Waals surface area contributed by atoms with E-state index in [9.17, 15) is 9.90 Å². The Bertz CT molecular complexity index is 858. The summed E-state index contributed by atoms with van der Waals surface area (Å²) in [7, 11) is 0. The molecule has 7 nitrogen and oxygen atoms in total. The number of aryl methyl sites for hydroxylation is 2. The lowest BCUT2D eigenvalue weighted by Crippen LogP contribution is -2.48. The Kier molecular flexibility index (Phi) is 6.82. The number of aliphatic hydroxyl groups is 1. The van der Waals surface area contributed by atoms with Crippen LogP contribution >= 0.6 is 0 Å². The van der Waals surface area contributed by atoms with Gasteiger partial charge in [0.25, 0.3) is 5.91 Å². The predicted octanol–water partition coefficient (Wildman–Crippen LogP) is 2.69. The maximum absolute atomic E-state index is 12.5. The number of aliphatic hydroxyl groups excluding tert-OH is 1. The molecule has 0 saturated carbocycles. The number of amides is 1. The summed E-state index contributed by atoms with van der Waals surface area (Å²) in [6, 6.07) is 6.13. The lowest BCUT2D eigenvalue weighted by atomic mass is 10.1. The zero-order valence-electron chi connectivity index (χ0n) is 17.8. The molecule has 1 amide bonds. The summed E-state index contributed by atoms with van der Waals surface area (Å²) in [5, 5.41) is 12.9. The number of carbonyl (C=O) groups is 1. The maximum atomic E-state index is 12.5. The number of oxazole rings is 1. The molecule has 1 aliphatic heterocycles. The number of nitrogens with one attached hydrogen (secondary N) is 1. The van der Waals surface area contributed by atoms with Gasteiger partial charge in [0.2, 0.25) is 5.89 Å². The molecule has 1 atom stereocenters. The fourth-order valence-electron chi connectivity index (χ4n) is 4.38. The van der Waals surface area contributed by atoms with E-state index in [0.717, 1.165) is 64.1 Å². The van der Waals surface area contributed by atoms with Crippen LogP contribution in [0.1, 0.15) is 53.7 Å². The number of rotatable bonds is 8. The van der Waals surface area contributed by atoms with Gasteiger partial charge in [0.15, 0.2) is 5.69 Å². The molecular weight excluding hydrogens is 380 g/mol. The Labute approximate surface area is 178 Å². The van der Waals surface area contributed by atoms with Crippen LogP contribution in [0.3, 0.4) is 0 Å². The lowest BCUT2D eigenvalue weighted by molar-refractivity contribution is 0.0634. The van der Waals surface area contributed by atoms with Crippen LogP contribution in [0.15, 0.2) is 28.9 Å². The standard InChI is InChI=1S/C23H32N4O3/c1-2-4-20(28)14-26-9-11-27(12-10-26)15-22-25-21(16-30-22)23(29)24-19-8-7-17-5-3-6-18(17)13-19/h7-8,13,16,20,28H,2-6,9-12,14-15H2,1H3,(H,24,29). The number of carbonyl (C=O) groups excluding carboxylic acids is 1. The van der Waals surface area contributed by atoms with Crippen LogP contribution in [-0.2, 0) is 19.4 Å². The minimum absolute atomic E-state index is 0.236. The number of hydrogen-bond donors (Lipinski definition) is 2. The third-order valence-corrected chi connectivity index (χ3v) is 6.06. The van der Waals surface area contributed by atoms with Crippen molar-refractivity contribution in [1.29, 1.82) is 0 Å². The van der Waals surface area contributed by atoms with Crippen LogP contribution in [-0.4, -0.2) is 64.6 Å². The molecule has 0 radical (unpaired) electrons. The molecule has 162 valence electrons. The number of fused-ring (bicyclic) bond motifs is 1. The first-order valence-corrected chi connectivity index (χ1v) is 11.1. The van der Waals surface area contributed by atoms with E-state index in [0.29, 0.717) is 18.1 Å². The van der Waals surface area contributed by atoms with E-state index < -0.39 is 0 Å². The molecule has 30 heavy (non-hydrogen) atoms. The van der Waals surface area contributed by atoms with Crippen molar-refractivity contribution in [1.82, 2.24) is 14.8 Å². The van der Waals surface area contributed by atoms with Crippen molar-refractivity contribution in [3.63, 3.8) is 0 Å². The second-order valence-electron chi connectivity index (χ2n) is 8.44. The molecule has 2 aliphatic rings. The third kappa shape index (κ3) is 5.28. The van der Waals surface area contributed by atoms with E-state index in [2.05, 4.69) is 39.2 Å². The monoisotopic (exact) mass is 412 g/mol. The Morgan fingerprint density at radius 3 is 2.77 bits per heavy atom. The number of piperazine rings is 1. The molecule has 1 fully saturated rings. The van der Waals surface area contributed by atoms with Gasteiger partial charge in [-0.15, -0.1) is 0 Å². The van der Waals surface area contributed by atoms with Crippen LogP contribution in [0.2, 0.25) is 0 Å². The Hall–Kier alpha value is -2.22. The quantitative estimate of drug-likeness (QED) is 0.694. The second-order valence-corrected chi connectivity index (χ2v) is 8.44. The highest BCUT2D eigenvalue weighted by molar-refractivity contribution is 6.02. The van der Waals surface area contributed by atoms with Crippen molar-refractivity contribution in [2.45, 2.75) is 51.7 Å². The molecule has 1 aromatic heterocycles. The highest BCUT2D eigenvalue weighted by Crippen LogP contribution is 2.25. The van der Waals surface area contributed by atoms with Gasteiger partial charge in [-0.25, -0.2) is 4.98 Å². The SMILES string of the molecule is CCCC(O)CN1CCN(Cc2nc(C(=O)Nc3ccc4c(c3)CCC4)co2)CC1. The zero-order chi connectivity index (χ0) is 20.9. The molecule has 2 heterocycles. The van der Waals surface area contributed by atoms with Gasteiger partial charge in [0.05, 0.1) is 12.6 Å². The summed E-state index contributed by atoms with van der Waals surface area (Å²) in [6.07, 6.45) is 6.46. The molecule has 1 aromatic carbocycles. The topological polar surface area (TPSA) is 81.8 Å². The summed E-state index contributed by atoms with van der Waals surface area (Å²) in [5.41, 5.74) is 3.84. The summed E-state index contributed by atoms with van der Waals surface area (Å²) >= 11 is 0. The Morgan fingerprint density at radius 1 is 1.20 bits per heavy atom. The highest BCUT2D eigenvalue weighted by Gasteiger charge is 2.21. The fraction of sp³-hybridized carbons (Fsp3) is 0.565. The van der Waals surface area contributed by atoms with E-state index in [-0.39, 0.29) is 12.0 Å².